The van der Waals surface area contributed by atoms with Crippen molar-refractivity contribution in [2.45, 2.75) is 45.2 Å². The Morgan fingerprint density at radius 2 is 2.10 bits per heavy atom. The highest BCUT2D eigenvalue weighted by Crippen LogP contribution is 2.47. The molecule has 1 N–H and O–H groups in total. The van der Waals surface area contributed by atoms with E-state index in [2.05, 4.69) is 22.0 Å². The van der Waals surface area contributed by atoms with Gasteiger partial charge in [-0.1, -0.05) is 19.1 Å². The zero-order chi connectivity index (χ0) is 21.0. The molecule has 3 aliphatic rings. The lowest BCUT2D eigenvalue weighted by Crippen LogP contribution is -2.60. The lowest BCUT2D eigenvalue weighted by molar-refractivity contribution is -0.145. The third kappa shape index (κ3) is 4.51. The molecule has 2 heterocycles. The number of nitrogens with one attached hydrogen (secondary N) is 1. The number of morpholine rings is 1. The van der Waals surface area contributed by atoms with Crippen molar-refractivity contribution in [1.29, 1.82) is 0 Å². The molecule has 0 unspecified atom stereocenters. The van der Waals surface area contributed by atoms with E-state index in [1.54, 1.807) is 7.11 Å². The minimum absolute atomic E-state index is 0.244. The van der Waals surface area contributed by atoms with E-state index >= 15 is 0 Å². The number of rotatable bonds is 6. The maximum absolute atomic E-state index is 13.6. The van der Waals surface area contributed by atoms with Gasteiger partial charge in [-0.25, -0.2) is 0 Å². The Hall–Kier alpha value is -1.63. The highest BCUT2D eigenvalue weighted by Gasteiger charge is 2.52. The lowest BCUT2D eigenvalue weighted by Gasteiger charge is -2.53. The van der Waals surface area contributed by atoms with Crippen molar-refractivity contribution in [2.24, 2.45) is 11.3 Å². The van der Waals surface area contributed by atoms with Crippen LogP contribution in [-0.2, 0) is 16.1 Å². The van der Waals surface area contributed by atoms with Gasteiger partial charge in [-0.15, -0.1) is 0 Å². The second kappa shape index (κ2) is 9.67. The average molecular weight is 416 g/mol. The van der Waals surface area contributed by atoms with Crippen LogP contribution in [0.2, 0.25) is 0 Å². The van der Waals surface area contributed by atoms with Gasteiger partial charge in [-0.3, -0.25) is 9.69 Å². The number of hydrogen-bond acceptors (Lipinski definition) is 5. The Bertz CT molecular complexity index is 721. The highest BCUT2D eigenvalue weighted by molar-refractivity contribution is 5.83. The minimum Gasteiger partial charge on any atom is -0.497 e. The van der Waals surface area contributed by atoms with Crippen LogP contribution in [0.25, 0.3) is 0 Å². The molecule has 166 valence electrons. The van der Waals surface area contributed by atoms with Crippen LogP contribution in [0, 0.1) is 11.3 Å². The van der Waals surface area contributed by atoms with Gasteiger partial charge in [0, 0.05) is 32.2 Å². The molecule has 1 amide bonds. The molecular formula is C24H37N3O3. The molecule has 1 saturated carbocycles. The van der Waals surface area contributed by atoms with Gasteiger partial charge < -0.3 is 19.7 Å². The van der Waals surface area contributed by atoms with Crippen LogP contribution in [-0.4, -0.2) is 74.8 Å². The van der Waals surface area contributed by atoms with Gasteiger partial charge in [-0.05, 0) is 62.4 Å². The Kier molecular flexibility index (Phi) is 6.96. The molecule has 6 heteroatoms. The molecule has 0 spiro atoms. The summed E-state index contributed by atoms with van der Waals surface area (Å²) in [5.41, 5.74) is 0.830. The van der Waals surface area contributed by atoms with Gasteiger partial charge in [0.05, 0.1) is 25.7 Å². The third-order valence-corrected chi connectivity index (χ3v) is 7.61. The van der Waals surface area contributed by atoms with E-state index < -0.39 is 0 Å². The first-order valence-electron chi connectivity index (χ1n) is 11.6. The van der Waals surface area contributed by atoms with Gasteiger partial charge in [0.1, 0.15) is 5.75 Å². The number of likely N-dealkylation sites (tertiary alicyclic amines) is 1. The van der Waals surface area contributed by atoms with Gasteiger partial charge in [-0.2, -0.15) is 0 Å². The maximum Gasteiger partial charge on any atom is 0.228 e. The lowest BCUT2D eigenvalue weighted by atomic mass is 9.61. The number of nitrogens with zero attached hydrogens (tertiary/aromatic N) is 2. The monoisotopic (exact) mass is 415 g/mol. The van der Waals surface area contributed by atoms with Crippen molar-refractivity contribution in [1.82, 2.24) is 15.1 Å². The molecule has 0 bridgehead atoms. The van der Waals surface area contributed by atoms with E-state index in [-0.39, 0.29) is 11.3 Å². The van der Waals surface area contributed by atoms with E-state index in [4.69, 9.17) is 9.47 Å². The van der Waals surface area contributed by atoms with Crippen molar-refractivity contribution in [2.75, 3.05) is 53.0 Å². The number of hydrogen-bond donors (Lipinski definition) is 1. The zero-order valence-corrected chi connectivity index (χ0v) is 18.6. The van der Waals surface area contributed by atoms with Crippen LogP contribution >= 0.6 is 0 Å². The molecule has 2 aliphatic heterocycles. The van der Waals surface area contributed by atoms with E-state index in [1.807, 2.05) is 24.3 Å². The highest BCUT2D eigenvalue weighted by atomic mass is 16.5. The van der Waals surface area contributed by atoms with E-state index in [0.717, 1.165) is 82.9 Å². The fourth-order valence-corrected chi connectivity index (χ4v) is 5.77. The first kappa shape index (κ1) is 21.6. The standard InChI is InChI=1S/C24H37N3O3/c1-3-26-10-8-20-16-21(27-11-13-30-14-12-27)7-9-24(20,18-26)23(28)25-17-19-5-4-6-22(15-19)29-2/h4-6,15,20-21H,3,7-14,16-18H2,1-2H3,(H,25,28)/t20-,21+,24-/m1/s1. The number of carbonyl (C=O) groups is 1. The number of fused-ring (bicyclic) bond motifs is 1. The molecule has 1 aromatic carbocycles. The van der Waals surface area contributed by atoms with Crippen LogP contribution in [0.4, 0.5) is 0 Å². The van der Waals surface area contributed by atoms with E-state index in [0.29, 0.717) is 18.5 Å². The van der Waals surface area contributed by atoms with Gasteiger partial charge >= 0.3 is 0 Å². The number of carbonyl (C=O) groups excluding carboxylic acids is 1. The first-order chi connectivity index (χ1) is 14.6. The largest absolute Gasteiger partial charge is 0.497 e. The molecular weight excluding hydrogens is 378 g/mol. The summed E-state index contributed by atoms with van der Waals surface area (Å²) in [5.74, 6) is 1.54. The first-order valence-corrected chi connectivity index (χ1v) is 11.6. The van der Waals surface area contributed by atoms with E-state index in [9.17, 15) is 4.79 Å². The number of piperidine rings is 1. The van der Waals surface area contributed by atoms with Crippen LogP contribution < -0.4 is 10.1 Å². The Labute approximate surface area is 180 Å². The van der Waals surface area contributed by atoms with Gasteiger partial charge in [0.15, 0.2) is 0 Å². The molecule has 1 aliphatic carbocycles. The molecule has 3 fully saturated rings. The fraction of sp³-hybridized carbons (Fsp3) is 0.708. The number of benzene rings is 1. The van der Waals surface area contributed by atoms with E-state index in [1.165, 1.54) is 0 Å². The molecule has 4 rings (SSSR count). The minimum atomic E-state index is -0.254. The third-order valence-electron chi connectivity index (χ3n) is 7.61. The normalized spacial score (nSPS) is 30.5. The predicted octanol–water partition coefficient (Wildman–Crippen LogP) is 2.52. The second-order valence-corrected chi connectivity index (χ2v) is 9.12. The number of methoxy groups -OCH3 is 1. The zero-order valence-electron chi connectivity index (χ0n) is 18.6. The predicted molar refractivity (Wildman–Crippen MR) is 118 cm³/mol. The molecule has 6 nitrogen and oxygen atoms in total. The van der Waals surface area contributed by atoms with Crippen molar-refractivity contribution in [3.05, 3.63) is 29.8 Å². The molecule has 30 heavy (non-hydrogen) atoms. The van der Waals surface area contributed by atoms with Crippen molar-refractivity contribution in [3.8, 4) is 5.75 Å². The molecule has 2 saturated heterocycles. The van der Waals surface area contributed by atoms with Crippen molar-refractivity contribution in [3.63, 3.8) is 0 Å². The maximum atomic E-state index is 13.6. The summed E-state index contributed by atoms with van der Waals surface area (Å²) in [5, 5.41) is 3.29. The molecule has 1 aromatic rings. The Morgan fingerprint density at radius 1 is 1.27 bits per heavy atom. The number of ether oxygens (including phenoxy) is 2. The Morgan fingerprint density at radius 3 is 2.87 bits per heavy atom. The fourth-order valence-electron chi connectivity index (χ4n) is 5.77. The second-order valence-electron chi connectivity index (χ2n) is 9.12. The summed E-state index contributed by atoms with van der Waals surface area (Å²) < 4.78 is 10.9. The van der Waals surface area contributed by atoms with Crippen LogP contribution in [0.15, 0.2) is 24.3 Å². The van der Waals surface area contributed by atoms with Crippen molar-refractivity contribution >= 4 is 5.91 Å². The van der Waals surface area contributed by atoms with Gasteiger partial charge in [0.25, 0.3) is 0 Å². The van der Waals surface area contributed by atoms with Gasteiger partial charge in [0.2, 0.25) is 5.91 Å². The Balaban J connectivity index is 1.46. The molecule has 0 aromatic heterocycles. The average Bonchev–Trinajstić information content (AvgIpc) is 2.82. The molecule has 3 atom stereocenters. The smallest absolute Gasteiger partial charge is 0.228 e. The summed E-state index contributed by atoms with van der Waals surface area (Å²) in [7, 11) is 1.68. The summed E-state index contributed by atoms with van der Waals surface area (Å²) in [6.45, 7) is 9.56. The summed E-state index contributed by atoms with van der Waals surface area (Å²) >= 11 is 0. The number of amides is 1. The SMILES string of the molecule is CCN1CC[C@@H]2C[C@@H](N3CCOCC3)CC[C@@]2(C(=O)NCc2cccc(OC)c2)C1. The topological polar surface area (TPSA) is 54.0 Å². The van der Waals surface area contributed by atoms with Crippen LogP contribution in [0.1, 0.15) is 38.2 Å². The molecule has 0 radical (unpaired) electrons. The van der Waals surface area contributed by atoms with Crippen LogP contribution in [0.3, 0.4) is 0 Å². The summed E-state index contributed by atoms with van der Waals surface area (Å²) in [6.07, 6.45) is 4.37. The van der Waals surface area contributed by atoms with Crippen LogP contribution in [0.5, 0.6) is 5.75 Å². The van der Waals surface area contributed by atoms with Crippen molar-refractivity contribution < 1.29 is 14.3 Å². The summed E-state index contributed by atoms with van der Waals surface area (Å²) in [6, 6.07) is 8.57. The summed E-state index contributed by atoms with van der Waals surface area (Å²) in [4.78, 5) is 18.7. The quantitative estimate of drug-likeness (QED) is 0.774.